The third-order valence-electron chi connectivity index (χ3n) is 4.10. The SMILES string of the molecule is COc1cc(OC)cc(OCC(=O)N[C@@H](C)c2ccc(C)c(C)c2)c1. The van der Waals surface area contributed by atoms with E-state index in [2.05, 4.69) is 31.3 Å². The third-order valence-corrected chi connectivity index (χ3v) is 4.10. The van der Waals surface area contributed by atoms with Crippen molar-refractivity contribution >= 4 is 5.91 Å². The Hall–Kier alpha value is -2.69. The van der Waals surface area contributed by atoms with Gasteiger partial charge in [-0.1, -0.05) is 18.2 Å². The minimum absolute atomic E-state index is 0.0779. The van der Waals surface area contributed by atoms with E-state index in [1.807, 2.05) is 13.0 Å². The second-order valence-electron chi connectivity index (χ2n) is 5.97. The molecule has 5 nitrogen and oxygen atoms in total. The lowest BCUT2D eigenvalue weighted by Gasteiger charge is -2.16. The maximum Gasteiger partial charge on any atom is 0.258 e. The Morgan fingerprint density at radius 3 is 2.12 bits per heavy atom. The van der Waals surface area contributed by atoms with Gasteiger partial charge in [0.15, 0.2) is 6.61 Å². The number of ether oxygens (including phenoxy) is 3. The predicted molar refractivity (Wildman–Crippen MR) is 97.5 cm³/mol. The minimum atomic E-state index is -0.187. The number of nitrogens with one attached hydrogen (secondary N) is 1. The van der Waals surface area contributed by atoms with E-state index in [4.69, 9.17) is 14.2 Å². The van der Waals surface area contributed by atoms with E-state index in [-0.39, 0.29) is 18.6 Å². The highest BCUT2D eigenvalue weighted by atomic mass is 16.5. The Bertz CT molecular complexity index is 720. The van der Waals surface area contributed by atoms with Gasteiger partial charge in [0.1, 0.15) is 17.2 Å². The van der Waals surface area contributed by atoms with Crippen molar-refractivity contribution in [3.8, 4) is 17.2 Å². The molecular weight excluding hydrogens is 318 g/mol. The van der Waals surface area contributed by atoms with Gasteiger partial charge in [-0.25, -0.2) is 0 Å². The number of amides is 1. The van der Waals surface area contributed by atoms with Crippen LogP contribution >= 0.6 is 0 Å². The summed E-state index contributed by atoms with van der Waals surface area (Å²) in [5.41, 5.74) is 3.51. The maximum atomic E-state index is 12.2. The van der Waals surface area contributed by atoms with E-state index in [9.17, 15) is 4.79 Å². The summed E-state index contributed by atoms with van der Waals surface area (Å²) in [5, 5.41) is 2.94. The molecule has 0 saturated heterocycles. The van der Waals surface area contributed by atoms with Crippen molar-refractivity contribution in [1.82, 2.24) is 5.32 Å². The molecule has 0 aliphatic rings. The lowest BCUT2D eigenvalue weighted by atomic mass is 10.0. The van der Waals surface area contributed by atoms with Crippen LogP contribution in [0.4, 0.5) is 0 Å². The molecule has 1 amide bonds. The molecule has 1 N–H and O–H groups in total. The standard InChI is InChI=1S/C20H25NO4/c1-13-6-7-16(8-14(13)2)15(3)21-20(22)12-25-19-10-17(23-4)9-18(11-19)24-5/h6-11,15H,12H2,1-5H3,(H,21,22)/t15-/m0/s1. The van der Waals surface area contributed by atoms with Crippen molar-refractivity contribution in [2.45, 2.75) is 26.8 Å². The summed E-state index contributed by atoms with van der Waals surface area (Å²) in [6, 6.07) is 11.3. The predicted octanol–water partition coefficient (Wildman–Crippen LogP) is 3.58. The molecule has 5 heteroatoms. The highest BCUT2D eigenvalue weighted by Gasteiger charge is 2.11. The highest BCUT2D eigenvalue weighted by molar-refractivity contribution is 5.78. The molecular formula is C20H25NO4. The zero-order chi connectivity index (χ0) is 18.4. The summed E-state index contributed by atoms with van der Waals surface area (Å²) >= 11 is 0. The molecule has 2 rings (SSSR count). The Balaban J connectivity index is 1.95. The van der Waals surface area contributed by atoms with E-state index in [0.29, 0.717) is 17.2 Å². The Labute approximate surface area is 148 Å². The molecule has 25 heavy (non-hydrogen) atoms. The zero-order valence-electron chi connectivity index (χ0n) is 15.4. The van der Waals surface area contributed by atoms with Crippen LogP contribution < -0.4 is 19.5 Å². The molecule has 0 heterocycles. The number of hydrogen-bond donors (Lipinski definition) is 1. The van der Waals surface area contributed by atoms with Crippen LogP contribution in [0.3, 0.4) is 0 Å². The molecule has 134 valence electrons. The Morgan fingerprint density at radius 2 is 1.56 bits per heavy atom. The smallest absolute Gasteiger partial charge is 0.258 e. The van der Waals surface area contributed by atoms with Crippen molar-refractivity contribution in [3.05, 3.63) is 53.1 Å². The van der Waals surface area contributed by atoms with Crippen LogP contribution in [0.15, 0.2) is 36.4 Å². The number of carbonyl (C=O) groups excluding carboxylic acids is 1. The van der Waals surface area contributed by atoms with Gasteiger partial charge in [0, 0.05) is 18.2 Å². The second kappa shape index (κ2) is 8.42. The maximum absolute atomic E-state index is 12.2. The van der Waals surface area contributed by atoms with Gasteiger partial charge in [0.05, 0.1) is 20.3 Å². The van der Waals surface area contributed by atoms with Gasteiger partial charge in [0.25, 0.3) is 5.91 Å². The van der Waals surface area contributed by atoms with Crippen LogP contribution in [0.1, 0.15) is 29.7 Å². The minimum Gasteiger partial charge on any atom is -0.496 e. The van der Waals surface area contributed by atoms with Gasteiger partial charge >= 0.3 is 0 Å². The molecule has 0 aliphatic heterocycles. The first-order valence-corrected chi connectivity index (χ1v) is 8.15. The summed E-state index contributed by atoms with van der Waals surface area (Å²) in [4.78, 5) is 12.2. The molecule has 0 unspecified atom stereocenters. The Morgan fingerprint density at radius 1 is 0.960 bits per heavy atom. The largest absolute Gasteiger partial charge is 0.496 e. The van der Waals surface area contributed by atoms with Gasteiger partial charge in [-0.3, -0.25) is 4.79 Å². The first-order valence-electron chi connectivity index (χ1n) is 8.15. The first-order chi connectivity index (χ1) is 11.9. The van der Waals surface area contributed by atoms with Gasteiger partial charge < -0.3 is 19.5 Å². The quantitative estimate of drug-likeness (QED) is 0.835. The summed E-state index contributed by atoms with van der Waals surface area (Å²) in [5.74, 6) is 1.55. The van der Waals surface area contributed by atoms with Crippen LogP contribution in [-0.4, -0.2) is 26.7 Å². The van der Waals surface area contributed by atoms with E-state index < -0.39 is 0 Å². The number of benzene rings is 2. The van der Waals surface area contributed by atoms with Crippen molar-refractivity contribution in [3.63, 3.8) is 0 Å². The normalized spacial score (nSPS) is 11.6. The van der Waals surface area contributed by atoms with E-state index in [0.717, 1.165) is 5.56 Å². The fourth-order valence-corrected chi connectivity index (χ4v) is 2.41. The van der Waals surface area contributed by atoms with Crippen LogP contribution in [0, 0.1) is 13.8 Å². The van der Waals surface area contributed by atoms with Gasteiger partial charge in [-0.2, -0.15) is 0 Å². The van der Waals surface area contributed by atoms with E-state index in [1.165, 1.54) is 11.1 Å². The molecule has 2 aromatic rings. The summed E-state index contributed by atoms with van der Waals surface area (Å²) in [6.07, 6.45) is 0. The Kier molecular flexibility index (Phi) is 6.28. The molecule has 0 spiro atoms. The summed E-state index contributed by atoms with van der Waals surface area (Å²) in [6.45, 7) is 6.01. The summed E-state index contributed by atoms with van der Waals surface area (Å²) < 4.78 is 15.9. The number of rotatable bonds is 7. The van der Waals surface area contributed by atoms with Gasteiger partial charge in [-0.05, 0) is 37.5 Å². The summed E-state index contributed by atoms with van der Waals surface area (Å²) in [7, 11) is 3.13. The van der Waals surface area contributed by atoms with Crippen LogP contribution in [0.25, 0.3) is 0 Å². The zero-order valence-corrected chi connectivity index (χ0v) is 15.4. The molecule has 0 radical (unpaired) electrons. The molecule has 0 aromatic heterocycles. The lowest BCUT2D eigenvalue weighted by molar-refractivity contribution is -0.123. The average Bonchev–Trinajstić information content (AvgIpc) is 2.61. The van der Waals surface area contributed by atoms with Crippen LogP contribution in [0.2, 0.25) is 0 Å². The lowest BCUT2D eigenvalue weighted by Crippen LogP contribution is -2.31. The van der Waals surface area contributed by atoms with Crippen molar-refractivity contribution in [1.29, 1.82) is 0 Å². The van der Waals surface area contributed by atoms with Crippen molar-refractivity contribution in [2.75, 3.05) is 20.8 Å². The fourth-order valence-electron chi connectivity index (χ4n) is 2.41. The first kappa shape index (κ1) is 18.6. The molecule has 2 aromatic carbocycles. The average molecular weight is 343 g/mol. The van der Waals surface area contributed by atoms with Crippen molar-refractivity contribution in [2.24, 2.45) is 0 Å². The number of carbonyl (C=O) groups is 1. The second-order valence-corrected chi connectivity index (χ2v) is 5.97. The topological polar surface area (TPSA) is 56.8 Å². The van der Waals surface area contributed by atoms with Crippen molar-refractivity contribution < 1.29 is 19.0 Å². The molecule has 0 fully saturated rings. The number of aryl methyl sites for hydroxylation is 2. The number of hydrogen-bond acceptors (Lipinski definition) is 4. The highest BCUT2D eigenvalue weighted by Crippen LogP contribution is 2.27. The molecule has 1 atom stereocenters. The molecule has 0 saturated carbocycles. The molecule has 0 aliphatic carbocycles. The monoisotopic (exact) mass is 343 g/mol. The van der Waals surface area contributed by atoms with E-state index >= 15 is 0 Å². The fraction of sp³-hybridized carbons (Fsp3) is 0.350. The molecule has 0 bridgehead atoms. The van der Waals surface area contributed by atoms with Gasteiger partial charge in [-0.15, -0.1) is 0 Å². The van der Waals surface area contributed by atoms with Crippen LogP contribution in [0.5, 0.6) is 17.2 Å². The van der Waals surface area contributed by atoms with E-state index in [1.54, 1.807) is 32.4 Å². The number of methoxy groups -OCH3 is 2. The van der Waals surface area contributed by atoms with Gasteiger partial charge in [0.2, 0.25) is 0 Å². The third kappa shape index (κ3) is 5.14. The van der Waals surface area contributed by atoms with Crippen LogP contribution in [-0.2, 0) is 4.79 Å².